The molecule has 1 aliphatic rings. The number of thiophene rings is 1. The number of carbonyl (C=O) groups excluding carboxylic acids is 1. The van der Waals surface area contributed by atoms with E-state index in [4.69, 9.17) is 4.74 Å². The number of fused-ring (bicyclic) bond motifs is 1. The van der Waals surface area contributed by atoms with E-state index in [2.05, 4.69) is 69.5 Å². The average Bonchev–Trinajstić information content (AvgIpc) is 3.29. The molecule has 0 radical (unpaired) electrons. The largest absolute Gasteiger partial charge is 0.462 e. The van der Waals surface area contributed by atoms with Gasteiger partial charge < -0.3 is 4.74 Å². The number of esters is 1. The number of hydrogen-bond acceptors (Lipinski definition) is 3. The minimum atomic E-state index is -0.272. The quantitative estimate of drug-likeness (QED) is 0.276. The van der Waals surface area contributed by atoms with Crippen LogP contribution >= 0.6 is 11.3 Å². The van der Waals surface area contributed by atoms with Crippen molar-refractivity contribution >= 4 is 29.5 Å². The highest BCUT2D eigenvalue weighted by molar-refractivity contribution is 7.09. The first-order chi connectivity index (χ1) is 15.7. The lowest BCUT2D eigenvalue weighted by molar-refractivity contribution is 0.0526. The monoisotopic (exact) mass is 458 g/mol. The Hall–Kier alpha value is -2.65. The second-order valence-corrected chi connectivity index (χ2v) is 11.3. The van der Waals surface area contributed by atoms with E-state index in [1.54, 1.807) is 0 Å². The van der Waals surface area contributed by atoms with E-state index in [-0.39, 0.29) is 16.8 Å². The molecule has 0 aliphatic heterocycles. The van der Waals surface area contributed by atoms with Crippen molar-refractivity contribution in [3.05, 3.63) is 92.2 Å². The molecular formula is C30H34O2S. The van der Waals surface area contributed by atoms with E-state index < -0.39 is 0 Å². The van der Waals surface area contributed by atoms with Gasteiger partial charge >= 0.3 is 5.97 Å². The Morgan fingerprint density at radius 1 is 0.970 bits per heavy atom. The molecule has 1 heterocycles. The van der Waals surface area contributed by atoms with Crippen LogP contribution in [0.2, 0.25) is 0 Å². The second-order valence-electron chi connectivity index (χ2n) is 10.3. The zero-order valence-electron chi connectivity index (χ0n) is 20.4. The Morgan fingerprint density at radius 3 is 2.24 bits per heavy atom. The fourth-order valence-electron chi connectivity index (χ4n) is 4.72. The van der Waals surface area contributed by atoms with E-state index in [9.17, 15) is 4.79 Å². The molecule has 3 heteroatoms. The van der Waals surface area contributed by atoms with Gasteiger partial charge in [-0.1, -0.05) is 70.2 Å². The molecule has 33 heavy (non-hydrogen) atoms. The smallest absolute Gasteiger partial charge is 0.338 e. The topological polar surface area (TPSA) is 26.3 Å². The van der Waals surface area contributed by atoms with Gasteiger partial charge in [0.05, 0.1) is 12.2 Å². The predicted molar refractivity (Wildman–Crippen MR) is 140 cm³/mol. The first kappa shape index (κ1) is 23.5. The maximum atomic E-state index is 11.9. The third-order valence-electron chi connectivity index (χ3n) is 6.93. The van der Waals surface area contributed by atoms with Gasteiger partial charge in [-0.25, -0.2) is 4.79 Å². The van der Waals surface area contributed by atoms with Crippen LogP contribution in [-0.2, 0) is 22.0 Å². The van der Waals surface area contributed by atoms with Gasteiger partial charge in [0.25, 0.3) is 0 Å². The normalized spacial score (nSPS) is 16.5. The van der Waals surface area contributed by atoms with Crippen molar-refractivity contribution in [1.29, 1.82) is 0 Å². The van der Waals surface area contributed by atoms with Crippen LogP contribution in [0, 0.1) is 0 Å². The van der Waals surface area contributed by atoms with E-state index in [0.29, 0.717) is 12.2 Å². The predicted octanol–water partition coefficient (Wildman–Crippen LogP) is 8.04. The van der Waals surface area contributed by atoms with Gasteiger partial charge in [-0.15, -0.1) is 11.3 Å². The lowest BCUT2D eigenvalue weighted by atomic mass is 9.62. The highest BCUT2D eigenvalue weighted by Crippen LogP contribution is 2.47. The summed E-state index contributed by atoms with van der Waals surface area (Å²) in [6.45, 7) is 11.7. The van der Waals surface area contributed by atoms with E-state index in [1.165, 1.54) is 40.0 Å². The van der Waals surface area contributed by atoms with Gasteiger partial charge in [-0.2, -0.15) is 0 Å². The summed E-state index contributed by atoms with van der Waals surface area (Å²) in [4.78, 5) is 13.3. The number of rotatable bonds is 6. The number of benzene rings is 2. The SMILES string of the molecule is CCOC(=O)c1ccc(/C=C/c2cc3c(cc2Cc2cccs2)C(C)(C)CCC3(C)C)cc1. The Labute approximate surface area is 202 Å². The molecule has 0 saturated heterocycles. The van der Waals surface area contributed by atoms with Crippen LogP contribution in [0.5, 0.6) is 0 Å². The molecule has 1 aliphatic carbocycles. The van der Waals surface area contributed by atoms with E-state index >= 15 is 0 Å². The minimum absolute atomic E-state index is 0.177. The van der Waals surface area contributed by atoms with Crippen LogP contribution in [-0.4, -0.2) is 12.6 Å². The van der Waals surface area contributed by atoms with Crippen LogP contribution in [0.25, 0.3) is 12.2 Å². The van der Waals surface area contributed by atoms with Crippen molar-refractivity contribution in [2.45, 2.75) is 64.7 Å². The summed E-state index contributed by atoms with van der Waals surface area (Å²) < 4.78 is 5.10. The fourth-order valence-corrected chi connectivity index (χ4v) is 5.44. The molecule has 0 fully saturated rings. The van der Waals surface area contributed by atoms with Crippen molar-refractivity contribution < 1.29 is 9.53 Å². The molecule has 0 N–H and O–H groups in total. The Morgan fingerprint density at radius 2 is 1.64 bits per heavy atom. The van der Waals surface area contributed by atoms with Crippen molar-refractivity contribution in [2.24, 2.45) is 0 Å². The number of carbonyl (C=O) groups is 1. The summed E-state index contributed by atoms with van der Waals surface area (Å²) >= 11 is 1.82. The molecule has 172 valence electrons. The average molecular weight is 459 g/mol. The van der Waals surface area contributed by atoms with Gasteiger partial charge in [0.1, 0.15) is 0 Å². The van der Waals surface area contributed by atoms with Crippen molar-refractivity contribution in [3.63, 3.8) is 0 Å². The first-order valence-corrected chi connectivity index (χ1v) is 12.7. The van der Waals surface area contributed by atoms with E-state index in [1.807, 2.05) is 42.5 Å². The number of hydrogen-bond donors (Lipinski definition) is 0. The Balaban J connectivity index is 1.72. The molecule has 0 unspecified atom stereocenters. The lowest BCUT2D eigenvalue weighted by Crippen LogP contribution is -2.34. The maximum absolute atomic E-state index is 11.9. The van der Waals surface area contributed by atoms with Crippen LogP contribution in [0.4, 0.5) is 0 Å². The van der Waals surface area contributed by atoms with Gasteiger partial charge in [0, 0.05) is 11.3 Å². The lowest BCUT2D eigenvalue weighted by Gasteiger charge is -2.42. The Kier molecular flexibility index (Phi) is 6.63. The van der Waals surface area contributed by atoms with Crippen molar-refractivity contribution in [1.82, 2.24) is 0 Å². The molecule has 0 bridgehead atoms. The summed E-state index contributed by atoms with van der Waals surface area (Å²) in [5, 5.41) is 2.15. The van der Waals surface area contributed by atoms with Crippen LogP contribution in [0.3, 0.4) is 0 Å². The fraction of sp³-hybridized carbons (Fsp3) is 0.367. The third-order valence-corrected chi connectivity index (χ3v) is 7.81. The summed E-state index contributed by atoms with van der Waals surface area (Å²) in [5.41, 5.74) is 7.67. The summed E-state index contributed by atoms with van der Waals surface area (Å²) in [7, 11) is 0. The van der Waals surface area contributed by atoms with Crippen LogP contribution in [0.1, 0.15) is 90.5 Å². The van der Waals surface area contributed by atoms with E-state index in [0.717, 1.165) is 12.0 Å². The Bertz CT molecular complexity index is 1150. The second kappa shape index (κ2) is 9.30. The molecule has 0 amide bonds. The maximum Gasteiger partial charge on any atom is 0.338 e. The minimum Gasteiger partial charge on any atom is -0.462 e. The molecule has 2 nitrogen and oxygen atoms in total. The molecule has 4 rings (SSSR count). The first-order valence-electron chi connectivity index (χ1n) is 11.9. The third kappa shape index (κ3) is 5.14. The van der Waals surface area contributed by atoms with Gasteiger partial charge in [-0.3, -0.25) is 0 Å². The van der Waals surface area contributed by atoms with Crippen molar-refractivity contribution in [3.8, 4) is 0 Å². The summed E-state index contributed by atoms with van der Waals surface area (Å²) in [6.07, 6.45) is 7.75. The molecule has 1 aromatic heterocycles. The zero-order valence-corrected chi connectivity index (χ0v) is 21.2. The van der Waals surface area contributed by atoms with Crippen LogP contribution < -0.4 is 0 Å². The molecule has 2 aromatic carbocycles. The van der Waals surface area contributed by atoms with Gasteiger partial charge in [-0.05, 0) is 82.0 Å². The van der Waals surface area contributed by atoms with Crippen molar-refractivity contribution in [2.75, 3.05) is 6.61 Å². The molecule has 0 spiro atoms. The standard InChI is InChI=1S/C30H34O2S/c1-6-32-28(31)22-12-9-21(10-13-22)11-14-23-19-26-27(30(4,5)16-15-29(26,2)3)20-24(23)18-25-8-7-17-33-25/h7-14,17,19-20H,6,15-16,18H2,1-5H3/b14-11+. The highest BCUT2D eigenvalue weighted by Gasteiger charge is 2.37. The zero-order chi connectivity index (χ0) is 23.6. The molecule has 0 saturated carbocycles. The molecule has 3 aromatic rings. The summed E-state index contributed by atoms with van der Waals surface area (Å²) in [6, 6.07) is 16.9. The van der Waals surface area contributed by atoms with Gasteiger partial charge in [0.15, 0.2) is 0 Å². The number of ether oxygens (including phenoxy) is 1. The van der Waals surface area contributed by atoms with Crippen LogP contribution in [0.15, 0.2) is 53.9 Å². The highest BCUT2D eigenvalue weighted by atomic mass is 32.1. The summed E-state index contributed by atoms with van der Waals surface area (Å²) in [5.74, 6) is -0.272. The molecular weight excluding hydrogens is 424 g/mol. The molecule has 0 atom stereocenters. The van der Waals surface area contributed by atoms with Gasteiger partial charge in [0.2, 0.25) is 0 Å².